The van der Waals surface area contributed by atoms with Gasteiger partial charge in [-0.15, -0.1) is 0 Å². The lowest BCUT2D eigenvalue weighted by molar-refractivity contribution is -0.124. The molecule has 1 spiro atoms. The third kappa shape index (κ3) is 3.95. The van der Waals surface area contributed by atoms with E-state index in [9.17, 15) is 4.79 Å². The molecular formula is C16H31N3O. The van der Waals surface area contributed by atoms with E-state index >= 15 is 0 Å². The van der Waals surface area contributed by atoms with Crippen LogP contribution in [-0.4, -0.2) is 50.6 Å². The summed E-state index contributed by atoms with van der Waals surface area (Å²) in [4.78, 5) is 14.7. The Bertz CT molecular complexity index is 325. The van der Waals surface area contributed by atoms with E-state index < -0.39 is 0 Å². The molecule has 2 fully saturated rings. The van der Waals surface area contributed by atoms with Gasteiger partial charge in [-0.3, -0.25) is 4.79 Å². The number of hydrogen-bond donors (Lipinski definition) is 2. The fourth-order valence-corrected chi connectivity index (χ4v) is 3.69. The Morgan fingerprint density at radius 1 is 1.35 bits per heavy atom. The van der Waals surface area contributed by atoms with Crippen molar-refractivity contribution in [2.24, 2.45) is 17.3 Å². The van der Waals surface area contributed by atoms with Crippen molar-refractivity contribution in [1.82, 2.24) is 15.5 Å². The highest BCUT2D eigenvalue weighted by atomic mass is 16.2. The molecule has 2 unspecified atom stereocenters. The summed E-state index contributed by atoms with van der Waals surface area (Å²) in [5.41, 5.74) is 0.343. The minimum absolute atomic E-state index is 0.279. The summed E-state index contributed by atoms with van der Waals surface area (Å²) in [6, 6.07) is 0.289. The number of carbonyl (C=O) groups is 1. The number of carbonyl (C=O) groups excluding carboxylic acids is 1. The second kappa shape index (κ2) is 6.44. The molecule has 4 heteroatoms. The van der Waals surface area contributed by atoms with E-state index in [-0.39, 0.29) is 12.0 Å². The molecule has 1 saturated carbocycles. The van der Waals surface area contributed by atoms with Gasteiger partial charge in [0.1, 0.15) is 0 Å². The first-order chi connectivity index (χ1) is 9.43. The molecule has 116 valence electrons. The molecule has 1 aliphatic heterocycles. The number of amides is 1. The maximum absolute atomic E-state index is 12.5. The molecule has 0 radical (unpaired) electrons. The SMILES string of the molecule is CC(C)CC(CN(C)C)NC(=O)C1CC12CCNCC2. The highest BCUT2D eigenvalue weighted by molar-refractivity contribution is 5.82. The molecule has 2 N–H and O–H groups in total. The van der Waals surface area contributed by atoms with Crippen molar-refractivity contribution in [1.29, 1.82) is 0 Å². The minimum atomic E-state index is 0.279. The highest BCUT2D eigenvalue weighted by Gasteiger charge is 2.57. The number of piperidine rings is 1. The van der Waals surface area contributed by atoms with Crippen LogP contribution in [0.25, 0.3) is 0 Å². The molecule has 0 aromatic heterocycles. The zero-order chi connectivity index (χ0) is 14.8. The van der Waals surface area contributed by atoms with Crippen LogP contribution < -0.4 is 10.6 Å². The largest absolute Gasteiger partial charge is 0.352 e. The molecule has 1 amide bonds. The van der Waals surface area contributed by atoms with Crippen LogP contribution in [0, 0.1) is 17.3 Å². The average Bonchev–Trinajstić information content (AvgIpc) is 3.02. The van der Waals surface area contributed by atoms with Gasteiger partial charge in [0.15, 0.2) is 0 Å². The van der Waals surface area contributed by atoms with E-state index in [0.717, 1.165) is 32.5 Å². The van der Waals surface area contributed by atoms with Gasteiger partial charge in [-0.2, -0.15) is 0 Å². The van der Waals surface area contributed by atoms with Gasteiger partial charge in [-0.1, -0.05) is 13.8 Å². The summed E-state index contributed by atoms with van der Waals surface area (Å²) >= 11 is 0. The summed E-state index contributed by atoms with van der Waals surface area (Å²) in [5.74, 6) is 1.20. The second-order valence-corrected chi connectivity index (χ2v) is 7.47. The Balaban J connectivity index is 1.85. The zero-order valence-corrected chi connectivity index (χ0v) is 13.5. The lowest BCUT2D eigenvalue weighted by Gasteiger charge is -2.26. The van der Waals surface area contributed by atoms with E-state index in [0.29, 0.717) is 17.2 Å². The van der Waals surface area contributed by atoms with Crippen molar-refractivity contribution in [3.63, 3.8) is 0 Å². The van der Waals surface area contributed by atoms with Gasteiger partial charge in [0.05, 0.1) is 0 Å². The molecule has 0 aromatic carbocycles. The van der Waals surface area contributed by atoms with Crippen molar-refractivity contribution in [3.8, 4) is 0 Å². The van der Waals surface area contributed by atoms with Crippen LogP contribution in [0.2, 0.25) is 0 Å². The Morgan fingerprint density at radius 2 is 2.00 bits per heavy atom. The summed E-state index contributed by atoms with van der Waals surface area (Å²) in [6.07, 6.45) is 4.52. The van der Waals surface area contributed by atoms with Crippen LogP contribution in [-0.2, 0) is 4.79 Å². The standard InChI is InChI=1S/C16H31N3O/c1-12(2)9-13(11-19(3)4)18-15(20)14-10-16(14)5-7-17-8-6-16/h12-14,17H,5-11H2,1-4H3,(H,18,20). The number of nitrogens with zero attached hydrogens (tertiary/aromatic N) is 1. The lowest BCUT2D eigenvalue weighted by Crippen LogP contribution is -2.44. The first-order valence-corrected chi connectivity index (χ1v) is 8.09. The van der Waals surface area contributed by atoms with Crippen molar-refractivity contribution in [2.45, 2.75) is 45.6 Å². The smallest absolute Gasteiger partial charge is 0.223 e. The van der Waals surface area contributed by atoms with Gasteiger partial charge in [0.25, 0.3) is 0 Å². The van der Waals surface area contributed by atoms with E-state index in [4.69, 9.17) is 0 Å². The monoisotopic (exact) mass is 281 g/mol. The van der Waals surface area contributed by atoms with Gasteiger partial charge in [-0.05, 0) is 64.2 Å². The van der Waals surface area contributed by atoms with E-state index in [1.54, 1.807) is 0 Å². The molecule has 4 nitrogen and oxygen atoms in total. The van der Waals surface area contributed by atoms with Gasteiger partial charge in [-0.25, -0.2) is 0 Å². The lowest BCUT2D eigenvalue weighted by atomic mass is 9.91. The Kier molecular flexibility index (Phi) is 5.08. The number of nitrogens with one attached hydrogen (secondary N) is 2. The van der Waals surface area contributed by atoms with Crippen molar-refractivity contribution in [2.75, 3.05) is 33.7 Å². The van der Waals surface area contributed by atoms with E-state index in [1.165, 1.54) is 12.8 Å². The molecule has 0 bridgehead atoms. The molecule has 1 heterocycles. The van der Waals surface area contributed by atoms with Crippen LogP contribution in [0.1, 0.15) is 39.5 Å². The van der Waals surface area contributed by atoms with Gasteiger partial charge in [0.2, 0.25) is 5.91 Å². The first-order valence-electron chi connectivity index (χ1n) is 8.09. The number of likely N-dealkylation sites (N-methyl/N-ethyl adjacent to an activating group) is 1. The van der Waals surface area contributed by atoms with Crippen molar-refractivity contribution in [3.05, 3.63) is 0 Å². The van der Waals surface area contributed by atoms with Crippen LogP contribution in [0.15, 0.2) is 0 Å². The maximum Gasteiger partial charge on any atom is 0.223 e. The van der Waals surface area contributed by atoms with Crippen LogP contribution in [0.4, 0.5) is 0 Å². The quantitative estimate of drug-likeness (QED) is 0.775. The molecule has 2 aliphatic rings. The van der Waals surface area contributed by atoms with Crippen LogP contribution in [0.5, 0.6) is 0 Å². The topological polar surface area (TPSA) is 44.4 Å². The fraction of sp³-hybridized carbons (Fsp3) is 0.938. The highest BCUT2D eigenvalue weighted by Crippen LogP contribution is 2.58. The fourth-order valence-electron chi connectivity index (χ4n) is 3.69. The summed E-state index contributed by atoms with van der Waals surface area (Å²) in [5, 5.41) is 6.71. The van der Waals surface area contributed by atoms with Crippen LogP contribution in [0.3, 0.4) is 0 Å². The average molecular weight is 281 g/mol. The van der Waals surface area contributed by atoms with Gasteiger partial charge >= 0.3 is 0 Å². The predicted octanol–water partition coefficient (Wildman–Crippen LogP) is 1.47. The molecule has 1 aliphatic carbocycles. The normalized spacial score (nSPS) is 26.0. The third-order valence-electron chi connectivity index (χ3n) is 4.79. The second-order valence-electron chi connectivity index (χ2n) is 7.47. The van der Waals surface area contributed by atoms with Gasteiger partial charge in [0, 0.05) is 18.5 Å². The number of rotatable bonds is 6. The maximum atomic E-state index is 12.5. The molecular weight excluding hydrogens is 250 g/mol. The molecule has 2 atom stereocenters. The Labute approximate surface area is 123 Å². The van der Waals surface area contributed by atoms with E-state index in [1.807, 2.05) is 0 Å². The van der Waals surface area contributed by atoms with Crippen molar-refractivity contribution < 1.29 is 4.79 Å². The Hall–Kier alpha value is -0.610. The third-order valence-corrected chi connectivity index (χ3v) is 4.79. The van der Waals surface area contributed by atoms with E-state index in [2.05, 4.69) is 43.5 Å². The van der Waals surface area contributed by atoms with Crippen LogP contribution >= 0.6 is 0 Å². The molecule has 2 rings (SSSR count). The Morgan fingerprint density at radius 3 is 2.55 bits per heavy atom. The zero-order valence-electron chi connectivity index (χ0n) is 13.5. The molecule has 1 saturated heterocycles. The minimum Gasteiger partial charge on any atom is -0.352 e. The van der Waals surface area contributed by atoms with Gasteiger partial charge < -0.3 is 15.5 Å². The predicted molar refractivity (Wildman–Crippen MR) is 82.6 cm³/mol. The van der Waals surface area contributed by atoms with Crippen molar-refractivity contribution >= 4 is 5.91 Å². The summed E-state index contributed by atoms with van der Waals surface area (Å²) < 4.78 is 0. The summed E-state index contributed by atoms with van der Waals surface area (Å²) in [7, 11) is 4.15. The number of hydrogen-bond acceptors (Lipinski definition) is 3. The summed E-state index contributed by atoms with van der Waals surface area (Å²) in [6.45, 7) is 7.54. The first kappa shape index (κ1) is 15.8. The molecule has 0 aromatic rings. The molecule has 20 heavy (non-hydrogen) atoms.